The molecule has 0 bridgehead atoms. The number of unbranched alkanes of at least 4 members (excludes halogenated alkanes) is 15. The number of ether oxygens (including phenoxy) is 1. The zero-order valence-corrected chi connectivity index (χ0v) is 27.2. The number of carbonyl (C=O) groups is 1. The Morgan fingerprint density at radius 2 is 1.26 bits per heavy atom. The molecule has 1 rings (SSSR count). The highest BCUT2D eigenvalue weighted by molar-refractivity contribution is 7.99. The van der Waals surface area contributed by atoms with Crippen molar-refractivity contribution in [3.05, 3.63) is 0 Å². The van der Waals surface area contributed by atoms with Crippen LogP contribution < -0.4 is 0 Å². The summed E-state index contributed by atoms with van der Waals surface area (Å²) in [6.45, 7) is 13.8. The van der Waals surface area contributed by atoms with Crippen molar-refractivity contribution in [1.29, 1.82) is 0 Å². The summed E-state index contributed by atoms with van der Waals surface area (Å²) in [6.07, 6.45) is 23.7. The van der Waals surface area contributed by atoms with Gasteiger partial charge in [-0.25, -0.2) is 0 Å². The highest BCUT2D eigenvalue weighted by Gasteiger charge is 2.44. The van der Waals surface area contributed by atoms with Gasteiger partial charge in [-0.2, -0.15) is 11.8 Å². The van der Waals surface area contributed by atoms with Gasteiger partial charge in [-0.1, -0.05) is 138 Å². The van der Waals surface area contributed by atoms with Crippen LogP contribution in [0.1, 0.15) is 157 Å². The first-order valence-electron chi connectivity index (χ1n) is 16.6. The Balaban J connectivity index is 1.91. The minimum Gasteiger partial charge on any atom is -0.465 e. The second-order valence-corrected chi connectivity index (χ2v) is 14.8. The van der Waals surface area contributed by atoms with E-state index in [-0.39, 0.29) is 29.3 Å². The molecule has 1 fully saturated rings. The monoisotopic (exact) mass is 554 g/mol. The first-order chi connectivity index (χ1) is 18.2. The normalized spacial score (nSPS) is 24.0. The third-order valence-corrected chi connectivity index (χ3v) is 10.2. The maximum Gasteiger partial charge on any atom is 0.306 e. The van der Waals surface area contributed by atoms with E-state index in [0.29, 0.717) is 24.9 Å². The first kappa shape index (κ1) is 35.8. The van der Waals surface area contributed by atoms with Crippen molar-refractivity contribution in [3.63, 3.8) is 0 Å². The van der Waals surface area contributed by atoms with Gasteiger partial charge in [0, 0.05) is 11.7 Å². The largest absolute Gasteiger partial charge is 0.465 e. The van der Waals surface area contributed by atoms with Crippen LogP contribution in [-0.4, -0.2) is 35.3 Å². The molecule has 3 nitrogen and oxygen atoms in total. The molecule has 0 radical (unpaired) electrons. The van der Waals surface area contributed by atoms with Crippen molar-refractivity contribution in [2.24, 2.45) is 29.1 Å². The Morgan fingerprint density at radius 1 is 0.789 bits per heavy atom. The average molecular weight is 555 g/mol. The highest BCUT2D eigenvalue weighted by atomic mass is 32.2. The summed E-state index contributed by atoms with van der Waals surface area (Å²) in [5, 5.41) is 10.9. The lowest BCUT2D eigenvalue weighted by Crippen LogP contribution is -2.48. The number of hydrogen-bond donors (Lipinski definition) is 1. The van der Waals surface area contributed by atoms with Crippen LogP contribution in [0.4, 0.5) is 0 Å². The Labute approximate surface area is 242 Å². The molecular weight excluding hydrogens is 488 g/mol. The van der Waals surface area contributed by atoms with Gasteiger partial charge in [-0.15, -0.1) is 0 Å². The molecule has 0 heterocycles. The molecule has 1 saturated carbocycles. The predicted octanol–water partition coefficient (Wildman–Crippen LogP) is 10.2. The van der Waals surface area contributed by atoms with E-state index in [1.54, 1.807) is 0 Å². The van der Waals surface area contributed by atoms with Gasteiger partial charge in [-0.3, -0.25) is 4.79 Å². The molecule has 0 aromatic heterocycles. The molecule has 1 N–H and O–H groups in total. The van der Waals surface area contributed by atoms with Crippen molar-refractivity contribution >= 4 is 17.7 Å². The van der Waals surface area contributed by atoms with Gasteiger partial charge < -0.3 is 9.84 Å². The number of esters is 1. The molecule has 5 unspecified atom stereocenters. The molecule has 38 heavy (non-hydrogen) atoms. The molecule has 0 spiro atoms. The summed E-state index contributed by atoms with van der Waals surface area (Å²) in [5.41, 5.74) is 0.104. The van der Waals surface area contributed by atoms with Crippen molar-refractivity contribution in [2.45, 2.75) is 163 Å². The highest BCUT2D eigenvalue weighted by Crippen LogP contribution is 2.45. The summed E-state index contributed by atoms with van der Waals surface area (Å²) in [6, 6.07) is 0. The molecule has 5 atom stereocenters. The molecule has 0 aliphatic heterocycles. The van der Waals surface area contributed by atoms with Gasteiger partial charge in [0.1, 0.15) is 0 Å². The summed E-state index contributed by atoms with van der Waals surface area (Å²) < 4.78 is 5.67. The van der Waals surface area contributed by atoms with Gasteiger partial charge in [-0.05, 0) is 41.8 Å². The van der Waals surface area contributed by atoms with Crippen LogP contribution in [0.3, 0.4) is 0 Å². The minimum absolute atomic E-state index is 0.0729. The molecule has 0 saturated heterocycles. The lowest BCUT2D eigenvalue weighted by atomic mass is 9.61. The molecule has 1 aliphatic carbocycles. The number of hydrogen-bond acceptors (Lipinski definition) is 4. The van der Waals surface area contributed by atoms with Gasteiger partial charge in [0.25, 0.3) is 0 Å². The summed E-state index contributed by atoms with van der Waals surface area (Å²) in [7, 11) is 0. The standard InChI is InChI=1S/C34H66O3S/c1-7-8-9-10-11-12-13-14-15-16-17-18-19-20-21-22-24-38-25-23-32(35)37-27-30-28(2)26-31(34(4,5)6)33(36)29(30)3/h28-31,33,36H,7-27H2,1-6H3. The van der Waals surface area contributed by atoms with E-state index in [9.17, 15) is 9.90 Å². The quantitative estimate of drug-likeness (QED) is 0.107. The first-order valence-corrected chi connectivity index (χ1v) is 17.7. The van der Waals surface area contributed by atoms with Crippen LogP contribution in [0.15, 0.2) is 0 Å². The molecule has 4 heteroatoms. The molecule has 0 aromatic rings. The van der Waals surface area contributed by atoms with Crippen LogP contribution in [0.25, 0.3) is 0 Å². The zero-order chi connectivity index (χ0) is 28.2. The van der Waals surface area contributed by atoms with Gasteiger partial charge in [0.2, 0.25) is 0 Å². The van der Waals surface area contributed by atoms with Crippen LogP contribution in [0, 0.1) is 29.1 Å². The minimum atomic E-state index is -0.315. The topological polar surface area (TPSA) is 46.5 Å². The van der Waals surface area contributed by atoms with E-state index in [1.165, 1.54) is 103 Å². The van der Waals surface area contributed by atoms with Gasteiger partial charge in [0.15, 0.2) is 0 Å². The Morgan fingerprint density at radius 3 is 1.74 bits per heavy atom. The smallest absolute Gasteiger partial charge is 0.306 e. The lowest BCUT2D eigenvalue weighted by molar-refractivity contribution is -0.149. The van der Waals surface area contributed by atoms with Crippen molar-refractivity contribution in [2.75, 3.05) is 18.1 Å². The predicted molar refractivity (Wildman–Crippen MR) is 168 cm³/mol. The number of aliphatic hydroxyl groups is 1. The number of aliphatic hydroxyl groups excluding tert-OH is 1. The summed E-state index contributed by atoms with van der Waals surface area (Å²) >= 11 is 1.89. The second-order valence-electron chi connectivity index (χ2n) is 13.5. The zero-order valence-electron chi connectivity index (χ0n) is 26.4. The fourth-order valence-corrected chi connectivity index (χ4v) is 7.23. The van der Waals surface area contributed by atoms with E-state index >= 15 is 0 Å². The summed E-state index contributed by atoms with van der Waals surface area (Å²) in [4.78, 5) is 12.3. The van der Waals surface area contributed by atoms with Crippen LogP contribution in [0.2, 0.25) is 0 Å². The average Bonchev–Trinajstić information content (AvgIpc) is 2.86. The van der Waals surface area contributed by atoms with E-state index in [4.69, 9.17) is 4.74 Å². The Bertz CT molecular complexity index is 573. The fraction of sp³-hybridized carbons (Fsp3) is 0.971. The molecule has 226 valence electrons. The van der Waals surface area contributed by atoms with Crippen molar-refractivity contribution in [3.8, 4) is 0 Å². The number of thioether (sulfide) groups is 1. The van der Waals surface area contributed by atoms with Crippen LogP contribution >= 0.6 is 11.8 Å². The third kappa shape index (κ3) is 16.1. The molecule has 1 aliphatic rings. The number of rotatable bonds is 22. The molecule has 0 amide bonds. The van der Waals surface area contributed by atoms with Gasteiger partial charge >= 0.3 is 5.97 Å². The van der Waals surface area contributed by atoms with Crippen LogP contribution in [-0.2, 0) is 9.53 Å². The van der Waals surface area contributed by atoms with Crippen molar-refractivity contribution < 1.29 is 14.6 Å². The van der Waals surface area contributed by atoms with Crippen LogP contribution in [0.5, 0.6) is 0 Å². The van der Waals surface area contributed by atoms with E-state index in [1.807, 2.05) is 11.8 Å². The molecule has 0 aromatic carbocycles. The maximum absolute atomic E-state index is 12.3. The third-order valence-electron chi connectivity index (χ3n) is 9.12. The molecular formula is C34H66O3S. The van der Waals surface area contributed by atoms with E-state index < -0.39 is 0 Å². The second kappa shape index (κ2) is 21.5. The van der Waals surface area contributed by atoms with Crippen molar-refractivity contribution in [1.82, 2.24) is 0 Å². The SMILES string of the molecule is CCCCCCCCCCCCCCCCCCSCCC(=O)OCC1C(C)CC(C(C)(C)C)C(O)C1C. The lowest BCUT2D eigenvalue weighted by Gasteiger charge is -2.47. The summed E-state index contributed by atoms with van der Waals surface area (Å²) in [5.74, 6) is 3.14. The van der Waals surface area contributed by atoms with E-state index in [0.717, 1.165) is 17.9 Å². The van der Waals surface area contributed by atoms with E-state index in [2.05, 4.69) is 41.5 Å². The van der Waals surface area contributed by atoms with Gasteiger partial charge in [0.05, 0.1) is 19.1 Å². The Kier molecular flexibility index (Phi) is 20.3. The Hall–Kier alpha value is -0.220. The fourth-order valence-electron chi connectivity index (χ4n) is 6.31. The maximum atomic E-state index is 12.3. The number of carbonyl (C=O) groups excluding carboxylic acids is 1.